The second-order valence-electron chi connectivity index (χ2n) is 5.73. The Balaban J connectivity index is 2.19. The van der Waals surface area contributed by atoms with Crippen molar-refractivity contribution < 1.29 is 4.79 Å². The number of amides is 1. The number of hydrogen-bond donors (Lipinski definition) is 0. The van der Waals surface area contributed by atoms with Gasteiger partial charge in [0, 0.05) is 31.9 Å². The molecule has 19 heavy (non-hydrogen) atoms. The molecule has 0 spiro atoms. The quantitative estimate of drug-likeness (QED) is 0.641. The van der Waals surface area contributed by atoms with Gasteiger partial charge in [-0.25, -0.2) is 0 Å². The number of rotatable bonds is 8. The summed E-state index contributed by atoms with van der Waals surface area (Å²) < 4.78 is 0. The average molecular weight is 289 g/mol. The Morgan fingerprint density at radius 1 is 1.32 bits per heavy atom. The van der Waals surface area contributed by atoms with Crippen molar-refractivity contribution in [3.8, 4) is 0 Å². The fourth-order valence-corrected chi connectivity index (χ4v) is 2.83. The minimum atomic E-state index is 0.290. The van der Waals surface area contributed by atoms with E-state index in [0.29, 0.717) is 18.2 Å². The molecular weight excluding hydrogens is 260 g/mol. The third-order valence-electron chi connectivity index (χ3n) is 3.95. The van der Waals surface area contributed by atoms with Gasteiger partial charge in [-0.15, -0.1) is 11.6 Å². The molecule has 4 heteroatoms. The van der Waals surface area contributed by atoms with Gasteiger partial charge in [0.25, 0.3) is 0 Å². The topological polar surface area (TPSA) is 23.6 Å². The van der Waals surface area contributed by atoms with E-state index in [-0.39, 0.29) is 0 Å². The van der Waals surface area contributed by atoms with Gasteiger partial charge in [0.1, 0.15) is 0 Å². The van der Waals surface area contributed by atoms with Crippen LogP contribution < -0.4 is 0 Å². The van der Waals surface area contributed by atoms with E-state index in [1.54, 1.807) is 0 Å². The maximum atomic E-state index is 11.9. The summed E-state index contributed by atoms with van der Waals surface area (Å²) >= 11 is 5.63. The lowest BCUT2D eigenvalue weighted by Crippen LogP contribution is -2.41. The molecule has 112 valence electrons. The van der Waals surface area contributed by atoms with Gasteiger partial charge in [0.05, 0.1) is 0 Å². The molecule has 0 bridgehead atoms. The monoisotopic (exact) mass is 288 g/mol. The van der Waals surface area contributed by atoms with E-state index >= 15 is 0 Å². The highest BCUT2D eigenvalue weighted by atomic mass is 35.5. The molecule has 0 N–H and O–H groups in total. The number of carbonyl (C=O) groups excluding carboxylic acids is 1. The molecule has 1 rings (SSSR count). The van der Waals surface area contributed by atoms with Crippen LogP contribution in [0.5, 0.6) is 0 Å². The van der Waals surface area contributed by atoms with Crippen LogP contribution in [0.15, 0.2) is 0 Å². The SMILES string of the molecule is CCCCN(C)CC1CCN(C(=O)CCCCl)CC1. The van der Waals surface area contributed by atoms with Crippen LogP contribution in [0.4, 0.5) is 0 Å². The maximum absolute atomic E-state index is 11.9. The molecule has 1 aliphatic heterocycles. The van der Waals surface area contributed by atoms with E-state index in [4.69, 9.17) is 11.6 Å². The van der Waals surface area contributed by atoms with E-state index in [0.717, 1.165) is 38.3 Å². The Morgan fingerprint density at radius 3 is 2.58 bits per heavy atom. The van der Waals surface area contributed by atoms with Crippen molar-refractivity contribution in [3.05, 3.63) is 0 Å². The highest BCUT2D eigenvalue weighted by Gasteiger charge is 2.22. The van der Waals surface area contributed by atoms with Crippen LogP contribution in [-0.4, -0.2) is 54.8 Å². The van der Waals surface area contributed by atoms with Crippen LogP contribution in [0, 0.1) is 5.92 Å². The van der Waals surface area contributed by atoms with Crippen LogP contribution >= 0.6 is 11.6 Å². The van der Waals surface area contributed by atoms with Crippen LogP contribution in [0.2, 0.25) is 0 Å². The molecule has 0 saturated carbocycles. The zero-order valence-corrected chi connectivity index (χ0v) is 13.3. The summed E-state index contributed by atoms with van der Waals surface area (Å²) in [6.45, 7) is 6.49. The first-order valence-corrected chi connectivity index (χ1v) is 8.23. The first-order valence-electron chi connectivity index (χ1n) is 7.69. The van der Waals surface area contributed by atoms with Crippen molar-refractivity contribution in [2.45, 2.75) is 45.4 Å². The minimum Gasteiger partial charge on any atom is -0.343 e. The molecule has 0 unspecified atom stereocenters. The minimum absolute atomic E-state index is 0.290. The van der Waals surface area contributed by atoms with E-state index in [1.165, 1.54) is 25.9 Å². The second-order valence-corrected chi connectivity index (χ2v) is 6.11. The van der Waals surface area contributed by atoms with Gasteiger partial charge in [-0.05, 0) is 45.2 Å². The standard InChI is InChI=1S/C15H29ClN2O/c1-3-4-10-17(2)13-14-7-11-18(12-8-14)15(19)6-5-9-16/h14H,3-13H2,1-2H3. The summed E-state index contributed by atoms with van der Waals surface area (Å²) in [5.74, 6) is 1.64. The molecule has 1 saturated heterocycles. The molecule has 0 aliphatic carbocycles. The lowest BCUT2D eigenvalue weighted by atomic mass is 9.96. The fraction of sp³-hybridized carbons (Fsp3) is 0.933. The van der Waals surface area contributed by atoms with Crippen molar-refractivity contribution in [3.63, 3.8) is 0 Å². The highest BCUT2D eigenvalue weighted by molar-refractivity contribution is 6.17. The Hall–Kier alpha value is -0.280. The van der Waals surface area contributed by atoms with Crippen molar-refractivity contribution in [1.29, 1.82) is 0 Å². The Kier molecular flexibility index (Phi) is 8.47. The van der Waals surface area contributed by atoms with Gasteiger partial charge >= 0.3 is 0 Å². The predicted molar refractivity (Wildman–Crippen MR) is 81.7 cm³/mol. The van der Waals surface area contributed by atoms with Gasteiger partial charge in [-0.1, -0.05) is 13.3 Å². The number of carbonyl (C=O) groups is 1. The second kappa shape index (κ2) is 9.60. The van der Waals surface area contributed by atoms with Crippen molar-refractivity contribution in [2.24, 2.45) is 5.92 Å². The summed E-state index contributed by atoms with van der Waals surface area (Å²) in [5.41, 5.74) is 0. The lowest BCUT2D eigenvalue weighted by molar-refractivity contribution is -0.132. The molecular formula is C15H29ClN2O. The highest BCUT2D eigenvalue weighted by Crippen LogP contribution is 2.19. The van der Waals surface area contributed by atoms with Gasteiger partial charge in [-0.2, -0.15) is 0 Å². The maximum Gasteiger partial charge on any atom is 0.222 e. The first-order chi connectivity index (χ1) is 9.17. The van der Waals surface area contributed by atoms with Crippen molar-refractivity contribution >= 4 is 17.5 Å². The third-order valence-corrected chi connectivity index (χ3v) is 4.22. The van der Waals surface area contributed by atoms with Crippen LogP contribution in [0.25, 0.3) is 0 Å². The van der Waals surface area contributed by atoms with Gasteiger partial charge in [0.2, 0.25) is 5.91 Å². The number of halogens is 1. The summed E-state index contributed by atoms with van der Waals surface area (Å²) in [6, 6.07) is 0. The summed E-state index contributed by atoms with van der Waals surface area (Å²) in [4.78, 5) is 16.4. The van der Waals surface area contributed by atoms with Crippen LogP contribution in [-0.2, 0) is 4.79 Å². The largest absolute Gasteiger partial charge is 0.343 e. The van der Waals surface area contributed by atoms with E-state index in [9.17, 15) is 4.79 Å². The normalized spacial score (nSPS) is 17.2. The van der Waals surface area contributed by atoms with Gasteiger partial charge in [-0.3, -0.25) is 4.79 Å². The van der Waals surface area contributed by atoms with E-state index < -0.39 is 0 Å². The fourth-order valence-electron chi connectivity index (χ4n) is 2.70. The van der Waals surface area contributed by atoms with Gasteiger partial charge in [0.15, 0.2) is 0 Å². The van der Waals surface area contributed by atoms with Crippen LogP contribution in [0.1, 0.15) is 45.4 Å². The van der Waals surface area contributed by atoms with E-state index in [2.05, 4.69) is 18.9 Å². The molecule has 0 aromatic heterocycles. The van der Waals surface area contributed by atoms with Crippen LogP contribution in [0.3, 0.4) is 0 Å². The molecule has 0 radical (unpaired) electrons. The molecule has 1 heterocycles. The third kappa shape index (κ3) is 6.62. The summed E-state index contributed by atoms with van der Waals surface area (Å²) in [6.07, 6.45) is 6.28. The van der Waals surface area contributed by atoms with Gasteiger partial charge < -0.3 is 9.80 Å². The molecule has 1 fully saturated rings. The zero-order chi connectivity index (χ0) is 14.1. The zero-order valence-electron chi connectivity index (χ0n) is 12.5. The smallest absolute Gasteiger partial charge is 0.222 e. The first kappa shape index (κ1) is 16.8. The summed E-state index contributed by atoms with van der Waals surface area (Å²) in [5, 5.41) is 0. The number of likely N-dealkylation sites (tertiary alicyclic amines) is 1. The Morgan fingerprint density at radius 2 is 2.00 bits per heavy atom. The number of piperidine rings is 1. The number of hydrogen-bond acceptors (Lipinski definition) is 2. The molecule has 0 atom stereocenters. The number of unbranched alkanes of at least 4 members (excludes halogenated alkanes) is 1. The lowest BCUT2D eigenvalue weighted by Gasteiger charge is -2.34. The number of nitrogens with zero attached hydrogens (tertiary/aromatic N) is 2. The molecule has 1 amide bonds. The predicted octanol–water partition coefficient (Wildman–Crippen LogP) is 2.98. The van der Waals surface area contributed by atoms with Crippen molar-refractivity contribution in [2.75, 3.05) is 39.1 Å². The average Bonchev–Trinajstić information content (AvgIpc) is 2.43. The molecule has 1 aliphatic rings. The Bertz CT molecular complexity index is 253. The Labute approximate surface area is 123 Å². The van der Waals surface area contributed by atoms with E-state index in [1.807, 2.05) is 4.90 Å². The summed E-state index contributed by atoms with van der Waals surface area (Å²) in [7, 11) is 2.22. The number of alkyl halides is 1. The molecule has 0 aromatic rings. The molecule has 0 aromatic carbocycles. The van der Waals surface area contributed by atoms with Crippen molar-refractivity contribution in [1.82, 2.24) is 9.80 Å². The molecule has 3 nitrogen and oxygen atoms in total.